The van der Waals surface area contributed by atoms with Crippen molar-refractivity contribution in [2.45, 2.75) is 20.0 Å². The summed E-state index contributed by atoms with van der Waals surface area (Å²) >= 11 is 0. The molecule has 0 unspecified atom stereocenters. The van der Waals surface area contributed by atoms with Gasteiger partial charge in [0.2, 0.25) is 0 Å². The molecule has 1 aliphatic heterocycles. The van der Waals surface area contributed by atoms with Crippen molar-refractivity contribution in [3.05, 3.63) is 53.9 Å². The second-order valence-corrected chi connectivity index (χ2v) is 5.98. The SMILES string of the molecule is Cc1ccc2c(oc3ccccc32)c1N1C=C(C#N)N(C)[C@@H]1C. The first-order chi connectivity index (χ1) is 11.1. The van der Waals surface area contributed by atoms with E-state index in [1.807, 2.05) is 36.3 Å². The number of benzene rings is 2. The molecule has 1 aliphatic rings. The lowest BCUT2D eigenvalue weighted by atomic mass is 10.1. The molecule has 0 amide bonds. The third kappa shape index (κ3) is 1.83. The Kier molecular flexibility index (Phi) is 2.85. The van der Waals surface area contributed by atoms with Crippen molar-refractivity contribution in [2.75, 3.05) is 11.9 Å². The third-order valence-electron chi connectivity index (χ3n) is 4.70. The minimum Gasteiger partial charge on any atom is -0.454 e. The predicted molar refractivity (Wildman–Crippen MR) is 91.9 cm³/mol. The van der Waals surface area contributed by atoms with E-state index in [0.29, 0.717) is 5.70 Å². The number of nitrogens with zero attached hydrogens (tertiary/aromatic N) is 3. The molecule has 3 aromatic rings. The fourth-order valence-corrected chi connectivity index (χ4v) is 3.27. The molecule has 1 aromatic heterocycles. The molecular weight excluding hydrogens is 286 g/mol. The number of nitriles is 1. The molecule has 114 valence electrons. The van der Waals surface area contributed by atoms with Gasteiger partial charge in [0.15, 0.2) is 5.58 Å². The summed E-state index contributed by atoms with van der Waals surface area (Å²) in [6.45, 7) is 4.16. The molecule has 0 spiro atoms. The first-order valence-corrected chi connectivity index (χ1v) is 7.65. The van der Waals surface area contributed by atoms with E-state index >= 15 is 0 Å². The summed E-state index contributed by atoms with van der Waals surface area (Å²) in [6, 6.07) is 14.6. The summed E-state index contributed by atoms with van der Waals surface area (Å²) in [5.74, 6) is 0. The van der Waals surface area contributed by atoms with E-state index in [1.54, 1.807) is 0 Å². The number of fused-ring (bicyclic) bond motifs is 3. The van der Waals surface area contributed by atoms with Gasteiger partial charge in [-0.05, 0) is 25.5 Å². The van der Waals surface area contributed by atoms with Gasteiger partial charge in [0.05, 0.1) is 5.69 Å². The first kappa shape index (κ1) is 13.7. The van der Waals surface area contributed by atoms with Crippen LogP contribution in [0, 0.1) is 18.3 Å². The summed E-state index contributed by atoms with van der Waals surface area (Å²) in [4.78, 5) is 4.10. The number of anilines is 1. The molecule has 0 aliphatic carbocycles. The van der Waals surface area contributed by atoms with Crippen LogP contribution in [0.1, 0.15) is 12.5 Å². The van der Waals surface area contributed by atoms with E-state index in [9.17, 15) is 5.26 Å². The number of hydrogen-bond acceptors (Lipinski definition) is 4. The van der Waals surface area contributed by atoms with Crippen LogP contribution >= 0.6 is 0 Å². The first-order valence-electron chi connectivity index (χ1n) is 7.65. The van der Waals surface area contributed by atoms with Gasteiger partial charge in [0.1, 0.15) is 23.5 Å². The minimum atomic E-state index is 0.0714. The third-order valence-corrected chi connectivity index (χ3v) is 4.70. The molecule has 0 radical (unpaired) electrons. The van der Waals surface area contributed by atoms with E-state index in [-0.39, 0.29) is 6.17 Å². The molecule has 4 rings (SSSR count). The molecule has 1 atom stereocenters. The van der Waals surface area contributed by atoms with Gasteiger partial charge in [-0.1, -0.05) is 30.3 Å². The standard InChI is InChI=1S/C19H17N3O/c1-12-8-9-16-15-6-4-5-7-17(15)23-19(16)18(12)22-11-14(10-20)21(3)13(22)2/h4-9,11,13H,1-3H3/t13-/m0/s1. The van der Waals surface area contributed by atoms with Crippen molar-refractivity contribution >= 4 is 27.6 Å². The highest BCUT2D eigenvalue weighted by atomic mass is 16.3. The number of furan rings is 1. The lowest BCUT2D eigenvalue weighted by Gasteiger charge is -2.28. The fraction of sp³-hybridized carbons (Fsp3) is 0.211. The van der Waals surface area contributed by atoms with Crippen molar-refractivity contribution in [1.82, 2.24) is 4.90 Å². The van der Waals surface area contributed by atoms with Crippen LogP contribution in [0.5, 0.6) is 0 Å². The summed E-state index contributed by atoms with van der Waals surface area (Å²) in [6.07, 6.45) is 1.97. The van der Waals surface area contributed by atoms with Crippen LogP contribution in [-0.4, -0.2) is 18.1 Å². The quantitative estimate of drug-likeness (QED) is 0.670. The minimum absolute atomic E-state index is 0.0714. The van der Waals surface area contributed by atoms with E-state index in [4.69, 9.17) is 4.42 Å². The van der Waals surface area contributed by atoms with Gasteiger partial charge in [-0.2, -0.15) is 5.26 Å². The number of allylic oxidation sites excluding steroid dienone is 1. The molecule has 0 saturated carbocycles. The summed E-state index contributed by atoms with van der Waals surface area (Å²) in [7, 11) is 1.94. The van der Waals surface area contributed by atoms with Gasteiger partial charge in [-0.15, -0.1) is 0 Å². The van der Waals surface area contributed by atoms with Gasteiger partial charge in [0, 0.05) is 24.0 Å². The Morgan fingerprint density at radius 2 is 1.91 bits per heavy atom. The van der Waals surface area contributed by atoms with Gasteiger partial charge in [0.25, 0.3) is 0 Å². The van der Waals surface area contributed by atoms with E-state index < -0.39 is 0 Å². The largest absolute Gasteiger partial charge is 0.454 e. The van der Waals surface area contributed by atoms with E-state index in [1.165, 1.54) is 0 Å². The topological polar surface area (TPSA) is 43.4 Å². The summed E-state index contributed by atoms with van der Waals surface area (Å²) in [5.41, 5.74) is 4.58. The average Bonchev–Trinajstić information content (AvgIpc) is 3.06. The number of aryl methyl sites for hydroxylation is 1. The van der Waals surface area contributed by atoms with Crippen LogP contribution in [0.4, 0.5) is 5.69 Å². The number of para-hydroxylation sites is 1. The van der Waals surface area contributed by atoms with Crippen LogP contribution in [0.2, 0.25) is 0 Å². The van der Waals surface area contributed by atoms with E-state index in [0.717, 1.165) is 33.2 Å². The van der Waals surface area contributed by atoms with Crippen molar-refractivity contribution in [1.29, 1.82) is 5.26 Å². The molecule has 4 nitrogen and oxygen atoms in total. The maximum absolute atomic E-state index is 9.31. The molecule has 0 N–H and O–H groups in total. The highest BCUT2D eigenvalue weighted by Gasteiger charge is 2.30. The van der Waals surface area contributed by atoms with Gasteiger partial charge in [-0.25, -0.2) is 0 Å². The lowest BCUT2D eigenvalue weighted by Crippen LogP contribution is -2.34. The highest BCUT2D eigenvalue weighted by Crippen LogP contribution is 2.40. The van der Waals surface area contributed by atoms with Crippen LogP contribution in [0.15, 0.2) is 52.7 Å². The lowest BCUT2D eigenvalue weighted by molar-refractivity contribution is 0.367. The smallest absolute Gasteiger partial charge is 0.159 e. The highest BCUT2D eigenvalue weighted by molar-refractivity contribution is 6.09. The fourth-order valence-electron chi connectivity index (χ4n) is 3.27. The maximum Gasteiger partial charge on any atom is 0.159 e. The Morgan fingerprint density at radius 1 is 1.13 bits per heavy atom. The molecular formula is C19H17N3O. The van der Waals surface area contributed by atoms with Gasteiger partial charge >= 0.3 is 0 Å². The Bertz CT molecular complexity index is 993. The van der Waals surface area contributed by atoms with Gasteiger partial charge < -0.3 is 14.2 Å². The zero-order valence-electron chi connectivity index (χ0n) is 13.4. The second-order valence-electron chi connectivity index (χ2n) is 5.98. The van der Waals surface area contributed by atoms with Gasteiger partial charge in [-0.3, -0.25) is 0 Å². The number of hydrogen-bond donors (Lipinski definition) is 0. The molecule has 23 heavy (non-hydrogen) atoms. The Labute approximate surface area is 134 Å². The molecule has 0 saturated heterocycles. The molecule has 2 aromatic carbocycles. The molecule has 0 bridgehead atoms. The molecule has 4 heteroatoms. The van der Waals surface area contributed by atoms with Crippen LogP contribution in [0.3, 0.4) is 0 Å². The van der Waals surface area contributed by atoms with Crippen LogP contribution in [-0.2, 0) is 0 Å². The maximum atomic E-state index is 9.31. The Morgan fingerprint density at radius 3 is 2.65 bits per heavy atom. The zero-order valence-corrected chi connectivity index (χ0v) is 13.4. The Balaban J connectivity index is 2.02. The predicted octanol–water partition coefficient (Wildman–Crippen LogP) is 4.36. The second kappa shape index (κ2) is 4.79. The zero-order chi connectivity index (χ0) is 16.1. The average molecular weight is 303 g/mol. The monoisotopic (exact) mass is 303 g/mol. The van der Waals surface area contributed by atoms with Crippen molar-refractivity contribution in [2.24, 2.45) is 0 Å². The van der Waals surface area contributed by atoms with Crippen molar-refractivity contribution in [3.8, 4) is 6.07 Å². The normalized spacial score (nSPS) is 17.8. The summed E-state index contributed by atoms with van der Waals surface area (Å²) in [5, 5.41) is 11.5. The number of rotatable bonds is 1. The van der Waals surface area contributed by atoms with Crippen LogP contribution < -0.4 is 4.90 Å². The summed E-state index contributed by atoms with van der Waals surface area (Å²) < 4.78 is 6.16. The van der Waals surface area contributed by atoms with E-state index in [2.05, 4.69) is 43.0 Å². The van der Waals surface area contributed by atoms with Crippen molar-refractivity contribution in [3.63, 3.8) is 0 Å². The molecule has 2 heterocycles. The molecule has 0 fully saturated rings. The Hall–Kier alpha value is -2.93. The van der Waals surface area contributed by atoms with Crippen molar-refractivity contribution < 1.29 is 4.42 Å². The van der Waals surface area contributed by atoms with Crippen LogP contribution in [0.25, 0.3) is 21.9 Å².